The highest BCUT2D eigenvalue weighted by atomic mass is 17.2. The lowest BCUT2D eigenvalue weighted by Crippen LogP contribution is -2.41. The lowest BCUT2D eigenvalue weighted by atomic mass is 10.0. The van der Waals surface area contributed by atoms with E-state index in [-0.39, 0.29) is 12.1 Å². The largest absolute Gasteiger partial charge is 0.368 e. The van der Waals surface area contributed by atoms with Crippen molar-refractivity contribution >= 4 is 5.95 Å². The molecule has 0 aliphatic carbocycles. The molecule has 3 aromatic rings. The fourth-order valence-electron chi connectivity index (χ4n) is 4.56. The molecule has 31 heavy (non-hydrogen) atoms. The van der Waals surface area contributed by atoms with Gasteiger partial charge in [0.05, 0.1) is 30.0 Å². The average molecular weight is 421 g/mol. The summed E-state index contributed by atoms with van der Waals surface area (Å²) in [5.74, 6) is 0.272. The summed E-state index contributed by atoms with van der Waals surface area (Å²) in [5, 5.41) is 0. The first-order chi connectivity index (χ1) is 15.3. The molecule has 2 aliphatic rings. The first-order valence-electron chi connectivity index (χ1n) is 11.0. The summed E-state index contributed by atoms with van der Waals surface area (Å²) in [6, 6.07) is 12.5. The lowest BCUT2D eigenvalue weighted by Gasteiger charge is -2.35. The summed E-state index contributed by atoms with van der Waals surface area (Å²) in [4.78, 5) is 26.5. The van der Waals surface area contributed by atoms with Crippen LogP contribution in [-0.4, -0.2) is 56.8 Å². The van der Waals surface area contributed by atoms with Crippen LogP contribution >= 0.6 is 0 Å². The summed E-state index contributed by atoms with van der Waals surface area (Å²) in [7, 11) is 0. The van der Waals surface area contributed by atoms with Crippen LogP contribution in [0.1, 0.15) is 31.7 Å². The number of anilines is 1. The minimum atomic E-state index is 0.183. The number of nitrogens with zero attached hydrogens (tertiary/aromatic N) is 5. The smallest absolute Gasteiger partial charge is 0.220 e. The van der Waals surface area contributed by atoms with E-state index in [1.807, 2.05) is 30.6 Å². The van der Waals surface area contributed by atoms with Crippen LogP contribution in [0.25, 0.3) is 22.6 Å². The lowest BCUT2D eigenvalue weighted by molar-refractivity contribution is -0.346. The van der Waals surface area contributed by atoms with Crippen molar-refractivity contribution in [2.75, 3.05) is 32.0 Å². The first-order valence-corrected chi connectivity index (χ1v) is 11.0. The van der Waals surface area contributed by atoms with Crippen LogP contribution in [0, 0.1) is 0 Å². The van der Waals surface area contributed by atoms with E-state index in [4.69, 9.17) is 20.5 Å². The van der Waals surface area contributed by atoms with Crippen molar-refractivity contribution in [3.8, 4) is 22.6 Å². The van der Waals surface area contributed by atoms with Crippen molar-refractivity contribution in [2.45, 2.75) is 37.8 Å². The van der Waals surface area contributed by atoms with Crippen molar-refractivity contribution < 1.29 is 9.78 Å². The van der Waals surface area contributed by atoms with Crippen LogP contribution in [0.4, 0.5) is 5.95 Å². The second-order valence-electron chi connectivity index (χ2n) is 8.23. The van der Waals surface area contributed by atoms with Gasteiger partial charge in [0.15, 0.2) is 0 Å². The Morgan fingerprint density at radius 2 is 1.87 bits per heavy atom. The Bertz CT molecular complexity index is 994. The van der Waals surface area contributed by atoms with Crippen molar-refractivity contribution in [2.24, 2.45) is 0 Å². The fraction of sp³-hybridized carbons (Fsp3) is 0.435. The molecule has 0 bridgehead atoms. The molecule has 2 aromatic heterocycles. The molecule has 4 heterocycles. The summed E-state index contributed by atoms with van der Waals surface area (Å²) >= 11 is 0. The molecule has 0 saturated carbocycles. The number of nitrogens with two attached hydrogens (primary N) is 1. The summed E-state index contributed by atoms with van der Waals surface area (Å²) < 4.78 is 2.28. The first kappa shape index (κ1) is 20.1. The number of aromatic nitrogens is 4. The minimum absolute atomic E-state index is 0.183. The van der Waals surface area contributed by atoms with Crippen LogP contribution in [0.3, 0.4) is 0 Å². The molecule has 2 fully saturated rings. The van der Waals surface area contributed by atoms with Crippen LogP contribution in [0.5, 0.6) is 0 Å². The van der Waals surface area contributed by atoms with Gasteiger partial charge in [-0.15, -0.1) is 0 Å². The van der Waals surface area contributed by atoms with E-state index < -0.39 is 0 Å². The number of hydrogen-bond acceptors (Lipinski definition) is 7. The van der Waals surface area contributed by atoms with Crippen LogP contribution in [-0.2, 0) is 9.78 Å². The quantitative estimate of drug-likeness (QED) is 0.633. The monoisotopic (exact) mass is 420 g/mol. The summed E-state index contributed by atoms with van der Waals surface area (Å²) in [6.07, 6.45) is 8.08. The zero-order valence-electron chi connectivity index (χ0n) is 17.6. The van der Waals surface area contributed by atoms with E-state index in [2.05, 4.69) is 31.6 Å². The van der Waals surface area contributed by atoms with Gasteiger partial charge >= 0.3 is 0 Å². The number of likely N-dealkylation sites (tertiary alicyclic amines) is 1. The fourth-order valence-corrected chi connectivity index (χ4v) is 4.56. The van der Waals surface area contributed by atoms with Crippen molar-refractivity contribution in [1.82, 2.24) is 24.4 Å². The van der Waals surface area contributed by atoms with Gasteiger partial charge in [-0.05, 0) is 31.7 Å². The average Bonchev–Trinajstić information content (AvgIpc) is 3.26. The zero-order chi connectivity index (χ0) is 21.0. The summed E-state index contributed by atoms with van der Waals surface area (Å²) in [6.45, 7) is 3.68. The maximum Gasteiger partial charge on any atom is 0.220 e. The van der Waals surface area contributed by atoms with Gasteiger partial charge in [0.1, 0.15) is 6.10 Å². The van der Waals surface area contributed by atoms with Gasteiger partial charge in [-0.1, -0.05) is 30.3 Å². The van der Waals surface area contributed by atoms with Gasteiger partial charge in [0.25, 0.3) is 0 Å². The van der Waals surface area contributed by atoms with Crippen LogP contribution in [0.15, 0.2) is 48.9 Å². The van der Waals surface area contributed by atoms with Crippen LogP contribution < -0.4 is 5.73 Å². The molecule has 2 saturated heterocycles. The van der Waals surface area contributed by atoms with Crippen molar-refractivity contribution in [3.05, 3.63) is 48.9 Å². The number of imidazole rings is 1. The van der Waals surface area contributed by atoms with E-state index in [9.17, 15) is 0 Å². The molecule has 0 spiro atoms. The molecule has 2 N–H and O–H groups in total. The Morgan fingerprint density at radius 3 is 2.61 bits per heavy atom. The molecule has 2 aliphatic heterocycles. The second kappa shape index (κ2) is 9.13. The van der Waals surface area contributed by atoms with E-state index >= 15 is 0 Å². The van der Waals surface area contributed by atoms with E-state index in [1.165, 1.54) is 0 Å². The molecule has 8 heteroatoms. The zero-order valence-corrected chi connectivity index (χ0v) is 17.6. The highest BCUT2D eigenvalue weighted by Gasteiger charge is 2.27. The topological polar surface area (TPSA) is 91.3 Å². The Labute approximate surface area is 182 Å². The Hall–Kier alpha value is -2.81. The third kappa shape index (κ3) is 4.46. The molecule has 0 radical (unpaired) electrons. The van der Waals surface area contributed by atoms with Gasteiger partial charge in [-0.3, -0.25) is 0 Å². The maximum absolute atomic E-state index is 5.91. The SMILES string of the molecule is Nc1nccc(-c2c(-c3ccccc3)ncn2C2CCN(CC3CCCOO3)CC2)n1. The van der Waals surface area contributed by atoms with Gasteiger partial charge < -0.3 is 15.2 Å². The standard InChI is InChI=1S/C23H28N6O2/c24-23-25-11-8-20(27-23)22-21(17-5-2-1-3-6-17)26-16-29(22)18-9-12-28(13-10-18)15-19-7-4-14-30-31-19/h1-3,5-6,8,11,16,18-19H,4,7,9-10,12-15H2,(H2,24,25,27). The second-order valence-corrected chi connectivity index (χ2v) is 8.23. The number of hydrogen-bond donors (Lipinski definition) is 1. The molecule has 1 aromatic carbocycles. The Kier molecular flexibility index (Phi) is 5.93. The van der Waals surface area contributed by atoms with Gasteiger partial charge in [-0.25, -0.2) is 24.7 Å². The third-order valence-corrected chi connectivity index (χ3v) is 6.13. The molecular formula is C23H28N6O2. The van der Waals surface area contributed by atoms with E-state index in [0.717, 1.165) is 68.0 Å². The Morgan fingerprint density at radius 1 is 1.03 bits per heavy atom. The van der Waals surface area contributed by atoms with E-state index in [1.54, 1.807) is 6.20 Å². The molecule has 8 nitrogen and oxygen atoms in total. The predicted molar refractivity (Wildman–Crippen MR) is 118 cm³/mol. The number of nitrogen functional groups attached to an aromatic ring is 1. The van der Waals surface area contributed by atoms with Crippen molar-refractivity contribution in [3.63, 3.8) is 0 Å². The molecule has 5 rings (SSSR count). The Balaban J connectivity index is 1.39. The molecular weight excluding hydrogens is 392 g/mol. The molecule has 162 valence electrons. The van der Waals surface area contributed by atoms with Crippen molar-refractivity contribution in [1.29, 1.82) is 0 Å². The summed E-state index contributed by atoms with van der Waals surface area (Å²) in [5.41, 5.74) is 9.71. The van der Waals surface area contributed by atoms with Gasteiger partial charge in [0, 0.05) is 37.4 Å². The maximum atomic E-state index is 5.91. The number of benzene rings is 1. The van der Waals surface area contributed by atoms with Gasteiger partial charge in [0.2, 0.25) is 5.95 Å². The molecule has 0 amide bonds. The van der Waals surface area contributed by atoms with Crippen LogP contribution in [0.2, 0.25) is 0 Å². The number of rotatable bonds is 5. The third-order valence-electron chi connectivity index (χ3n) is 6.13. The normalized spacial score (nSPS) is 20.7. The van der Waals surface area contributed by atoms with E-state index in [0.29, 0.717) is 12.6 Å². The predicted octanol–water partition coefficient (Wildman–Crippen LogP) is 3.34. The minimum Gasteiger partial charge on any atom is -0.368 e. The molecule has 1 atom stereocenters. The molecule has 1 unspecified atom stereocenters. The van der Waals surface area contributed by atoms with Gasteiger partial charge in [-0.2, -0.15) is 0 Å². The highest BCUT2D eigenvalue weighted by Crippen LogP contribution is 2.35. The number of piperidine rings is 1. The highest BCUT2D eigenvalue weighted by molar-refractivity contribution is 5.77.